The molecule has 10 nitrogen and oxygen atoms in total. The van der Waals surface area contributed by atoms with E-state index in [-0.39, 0.29) is 5.91 Å². The number of hydrogen-bond acceptors (Lipinski definition) is 7. The molecule has 0 bridgehead atoms. The highest BCUT2D eigenvalue weighted by atomic mass is 16.5. The third-order valence-corrected chi connectivity index (χ3v) is 6.84. The van der Waals surface area contributed by atoms with Gasteiger partial charge in [-0.05, 0) is 48.0 Å². The highest BCUT2D eigenvalue weighted by Crippen LogP contribution is 2.25. The number of fused-ring (bicyclic) bond motifs is 1. The van der Waals surface area contributed by atoms with Gasteiger partial charge in [0, 0.05) is 61.5 Å². The van der Waals surface area contributed by atoms with E-state index in [4.69, 9.17) is 4.74 Å². The van der Waals surface area contributed by atoms with Crippen molar-refractivity contribution in [3.8, 4) is 11.5 Å². The van der Waals surface area contributed by atoms with Crippen LogP contribution >= 0.6 is 0 Å². The van der Waals surface area contributed by atoms with Gasteiger partial charge in [0.15, 0.2) is 11.6 Å². The van der Waals surface area contributed by atoms with E-state index in [1.54, 1.807) is 12.5 Å². The SMILES string of the molecule is O=C(Cc1cn(-c2ccc(Nc3ccc(-n4ccnc4)cc3)nn2)c2ccccc12)NCCN1CCOCC1. The first-order valence-corrected chi connectivity index (χ1v) is 13.1. The minimum absolute atomic E-state index is 0.0100. The Bertz CT molecular complexity index is 1520. The number of nitrogens with zero attached hydrogens (tertiary/aromatic N) is 6. The fourth-order valence-corrected chi connectivity index (χ4v) is 4.79. The third kappa shape index (κ3) is 5.82. The van der Waals surface area contributed by atoms with Crippen molar-refractivity contribution in [2.24, 2.45) is 0 Å². The summed E-state index contributed by atoms with van der Waals surface area (Å²) in [6.07, 6.45) is 7.71. The average molecular weight is 523 g/mol. The molecule has 5 aromatic rings. The summed E-state index contributed by atoms with van der Waals surface area (Å²) in [7, 11) is 0. The molecule has 1 saturated heterocycles. The number of carbonyl (C=O) groups is 1. The maximum absolute atomic E-state index is 12.7. The highest BCUT2D eigenvalue weighted by molar-refractivity contribution is 5.90. The molecule has 1 aliphatic heterocycles. The third-order valence-electron chi connectivity index (χ3n) is 6.84. The van der Waals surface area contributed by atoms with Crippen molar-refractivity contribution in [3.63, 3.8) is 0 Å². The van der Waals surface area contributed by atoms with Crippen LogP contribution in [0.1, 0.15) is 5.56 Å². The summed E-state index contributed by atoms with van der Waals surface area (Å²) in [4.78, 5) is 19.1. The van der Waals surface area contributed by atoms with Gasteiger partial charge in [0.1, 0.15) is 0 Å². The molecule has 1 amide bonds. The van der Waals surface area contributed by atoms with E-state index < -0.39 is 0 Å². The normalized spacial score (nSPS) is 13.9. The number of aromatic nitrogens is 5. The van der Waals surface area contributed by atoms with Crippen LogP contribution in [-0.4, -0.2) is 74.5 Å². The van der Waals surface area contributed by atoms with Crippen LogP contribution in [0.25, 0.3) is 22.4 Å². The standard InChI is InChI=1S/C29H30N8O2/c38-29(31-12-13-35-15-17-39-18-16-35)19-22-20-37(26-4-2-1-3-25(22)26)28-10-9-27(33-34-28)32-23-5-7-24(8-6-23)36-14-11-30-21-36/h1-11,14,20-21H,12-13,15-19H2,(H,31,38)(H,32,33). The number of anilines is 2. The van der Waals surface area contributed by atoms with Crippen molar-refractivity contribution in [2.75, 3.05) is 44.7 Å². The lowest BCUT2D eigenvalue weighted by Crippen LogP contribution is -2.41. The fraction of sp³-hybridized carbons (Fsp3) is 0.241. The number of imidazole rings is 1. The van der Waals surface area contributed by atoms with Crippen LogP contribution in [0.4, 0.5) is 11.5 Å². The van der Waals surface area contributed by atoms with E-state index in [9.17, 15) is 4.79 Å². The Morgan fingerprint density at radius 2 is 1.82 bits per heavy atom. The largest absolute Gasteiger partial charge is 0.379 e. The molecule has 0 radical (unpaired) electrons. The fourth-order valence-electron chi connectivity index (χ4n) is 4.79. The number of carbonyl (C=O) groups excluding carboxylic acids is 1. The Kier molecular flexibility index (Phi) is 7.28. The van der Waals surface area contributed by atoms with Gasteiger partial charge in [0.05, 0.1) is 31.5 Å². The molecule has 2 N–H and O–H groups in total. The van der Waals surface area contributed by atoms with Gasteiger partial charge in [-0.3, -0.25) is 14.3 Å². The van der Waals surface area contributed by atoms with Gasteiger partial charge < -0.3 is 19.9 Å². The summed E-state index contributed by atoms with van der Waals surface area (Å²) in [5, 5.41) is 16.3. The van der Waals surface area contributed by atoms with Crippen molar-refractivity contribution in [1.29, 1.82) is 0 Å². The molecule has 4 heterocycles. The number of amides is 1. The van der Waals surface area contributed by atoms with Gasteiger partial charge in [0.25, 0.3) is 0 Å². The van der Waals surface area contributed by atoms with Gasteiger partial charge in [-0.1, -0.05) is 18.2 Å². The lowest BCUT2D eigenvalue weighted by atomic mass is 10.1. The second-order valence-electron chi connectivity index (χ2n) is 9.44. The zero-order valence-electron chi connectivity index (χ0n) is 21.5. The predicted octanol–water partition coefficient (Wildman–Crippen LogP) is 3.34. The van der Waals surface area contributed by atoms with Crippen LogP contribution < -0.4 is 10.6 Å². The molecule has 10 heteroatoms. The molecular formula is C29H30N8O2. The Hall–Kier alpha value is -4.54. The lowest BCUT2D eigenvalue weighted by molar-refractivity contribution is -0.120. The summed E-state index contributed by atoms with van der Waals surface area (Å²) in [6.45, 7) is 4.81. The number of rotatable bonds is 9. The zero-order valence-corrected chi connectivity index (χ0v) is 21.5. The van der Waals surface area contributed by atoms with E-state index in [0.717, 1.165) is 60.7 Å². The highest BCUT2D eigenvalue weighted by Gasteiger charge is 2.15. The Morgan fingerprint density at radius 1 is 0.974 bits per heavy atom. The Balaban J connectivity index is 1.12. The van der Waals surface area contributed by atoms with Crippen molar-refractivity contribution in [3.05, 3.63) is 91.1 Å². The summed E-state index contributed by atoms with van der Waals surface area (Å²) in [5.41, 5.74) is 3.88. The molecule has 1 aliphatic rings. The van der Waals surface area contributed by atoms with E-state index in [1.165, 1.54) is 0 Å². The number of ether oxygens (including phenoxy) is 1. The summed E-state index contributed by atoms with van der Waals surface area (Å²) < 4.78 is 9.32. The molecule has 198 valence electrons. The second kappa shape index (κ2) is 11.5. The van der Waals surface area contributed by atoms with Gasteiger partial charge in [-0.15, -0.1) is 10.2 Å². The molecule has 39 heavy (non-hydrogen) atoms. The van der Waals surface area contributed by atoms with Gasteiger partial charge in [-0.2, -0.15) is 0 Å². The molecule has 0 unspecified atom stereocenters. The maximum atomic E-state index is 12.7. The number of morpholine rings is 1. The second-order valence-corrected chi connectivity index (χ2v) is 9.44. The predicted molar refractivity (Wildman–Crippen MR) is 150 cm³/mol. The molecule has 0 aliphatic carbocycles. The van der Waals surface area contributed by atoms with Crippen molar-refractivity contribution in [2.45, 2.75) is 6.42 Å². The number of hydrogen-bond donors (Lipinski definition) is 2. The van der Waals surface area contributed by atoms with Gasteiger partial charge >= 0.3 is 0 Å². The number of nitrogens with one attached hydrogen (secondary N) is 2. The molecule has 2 aromatic carbocycles. The van der Waals surface area contributed by atoms with Crippen molar-refractivity contribution in [1.82, 2.24) is 34.5 Å². The first kappa shape index (κ1) is 24.8. The number of para-hydroxylation sites is 1. The molecule has 1 fully saturated rings. The first-order valence-electron chi connectivity index (χ1n) is 13.1. The quantitative estimate of drug-likeness (QED) is 0.306. The molecule has 0 spiro atoms. The summed E-state index contributed by atoms with van der Waals surface area (Å²) in [6, 6.07) is 19.9. The molecule has 0 saturated carbocycles. The minimum Gasteiger partial charge on any atom is -0.379 e. The Labute approximate surface area is 226 Å². The monoisotopic (exact) mass is 522 g/mol. The maximum Gasteiger partial charge on any atom is 0.224 e. The van der Waals surface area contributed by atoms with E-state index in [1.807, 2.05) is 82.2 Å². The lowest BCUT2D eigenvalue weighted by Gasteiger charge is -2.26. The van der Waals surface area contributed by atoms with E-state index >= 15 is 0 Å². The first-order chi connectivity index (χ1) is 19.2. The average Bonchev–Trinajstić information content (AvgIpc) is 3.64. The van der Waals surface area contributed by atoms with Crippen LogP contribution in [0.2, 0.25) is 0 Å². The van der Waals surface area contributed by atoms with E-state index in [0.29, 0.717) is 24.6 Å². The van der Waals surface area contributed by atoms with Crippen LogP contribution in [0, 0.1) is 0 Å². The van der Waals surface area contributed by atoms with Crippen LogP contribution in [0.5, 0.6) is 0 Å². The van der Waals surface area contributed by atoms with Gasteiger partial charge in [-0.25, -0.2) is 4.98 Å². The van der Waals surface area contributed by atoms with Gasteiger partial charge in [0.2, 0.25) is 5.91 Å². The van der Waals surface area contributed by atoms with Crippen LogP contribution in [-0.2, 0) is 16.0 Å². The molecular weight excluding hydrogens is 492 g/mol. The minimum atomic E-state index is 0.0100. The van der Waals surface area contributed by atoms with Crippen LogP contribution in [0.3, 0.4) is 0 Å². The van der Waals surface area contributed by atoms with Crippen LogP contribution in [0.15, 0.2) is 85.6 Å². The Morgan fingerprint density at radius 3 is 2.59 bits per heavy atom. The van der Waals surface area contributed by atoms with Crippen molar-refractivity contribution < 1.29 is 9.53 Å². The number of benzene rings is 2. The summed E-state index contributed by atoms with van der Waals surface area (Å²) >= 11 is 0. The molecule has 3 aromatic heterocycles. The van der Waals surface area contributed by atoms with E-state index in [2.05, 4.69) is 30.7 Å². The van der Waals surface area contributed by atoms with Crippen molar-refractivity contribution >= 4 is 28.3 Å². The smallest absolute Gasteiger partial charge is 0.224 e. The molecule has 0 atom stereocenters. The molecule has 6 rings (SSSR count). The topological polar surface area (TPSA) is 102 Å². The zero-order chi connectivity index (χ0) is 26.4. The summed E-state index contributed by atoms with van der Waals surface area (Å²) in [5.74, 6) is 1.34.